The van der Waals surface area contributed by atoms with Crippen LogP contribution in [-0.4, -0.2) is 5.97 Å². The largest absolute Gasteiger partial charge is 0.423 e. The molecule has 0 radical (unpaired) electrons. The van der Waals surface area contributed by atoms with Gasteiger partial charge < -0.3 is 4.74 Å². The summed E-state index contributed by atoms with van der Waals surface area (Å²) >= 11 is 5.93. The zero-order chi connectivity index (χ0) is 19.4. The molecule has 5 heteroatoms. The molecule has 0 atom stereocenters. The van der Waals surface area contributed by atoms with Crippen molar-refractivity contribution in [3.63, 3.8) is 0 Å². The van der Waals surface area contributed by atoms with E-state index in [2.05, 4.69) is 6.92 Å². The molecule has 1 aliphatic rings. The van der Waals surface area contributed by atoms with Crippen molar-refractivity contribution >= 4 is 17.6 Å². The summed E-state index contributed by atoms with van der Waals surface area (Å²) < 4.78 is 19.7. The molecular formula is C22H21ClFNO2. The number of carbonyl (C=O) groups excluding carboxylic acids is 1. The maximum Gasteiger partial charge on any atom is 0.346 e. The van der Waals surface area contributed by atoms with Gasteiger partial charge >= 0.3 is 5.97 Å². The minimum absolute atomic E-state index is 0.110. The highest BCUT2D eigenvalue weighted by Gasteiger charge is 2.23. The molecule has 0 N–H and O–H groups in total. The van der Waals surface area contributed by atoms with Crippen LogP contribution in [0.5, 0.6) is 5.75 Å². The number of esters is 1. The van der Waals surface area contributed by atoms with Gasteiger partial charge in [-0.1, -0.05) is 31.0 Å². The Morgan fingerprint density at radius 1 is 1.22 bits per heavy atom. The lowest BCUT2D eigenvalue weighted by Gasteiger charge is -2.28. The Labute approximate surface area is 163 Å². The highest BCUT2D eigenvalue weighted by molar-refractivity contribution is 6.31. The van der Waals surface area contributed by atoms with Gasteiger partial charge in [0.2, 0.25) is 0 Å². The molecule has 0 heterocycles. The van der Waals surface area contributed by atoms with E-state index in [4.69, 9.17) is 21.6 Å². The van der Waals surface area contributed by atoms with Crippen molar-refractivity contribution in [2.24, 2.45) is 5.92 Å². The van der Waals surface area contributed by atoms with Crippen LogP contribution in [0, 0.1) is 23.1 Å². The van der Waals surface area contributed by atoms with Gasteiger partial charge in [0, 0.05) is 6.07 Å². The molecule has 2 aromatic rings. The van der Waals surface area contributed by atoms with Gasteiger partial charge in [-0.2, -0.15) is 5.26 Å². The summed E-state index contributed by atoms with van der Waals surface area (Å²) in [7, 11) is 0. The van der Waals surface area contributed by atoms with E-state index in [9.17, 15) is 9.18 Å². The number of nitrogens with zero attached hydrogens (tertiary/aromatic N) is 1. The smallest absolute Gasteiger partial charge is 0.346 e. The third-order valence-electron chi connectivity index (χ3n) is 5.38. The lowest BCUT2D eigenvalue weighted by Crippen LogP contribution is -2.14. The summed E-state index contributed by atoms with van der Waals surface area (Å²) in [5.41, 5.74) is 1.12. The fourth-order valence-electron chi connectivity index (χ4n) is 3.67. The van der Waals surface area contributed by atoms with Gasteiger partial charge in [-0.3, -0.25) is 0 Å². The lowest BCUT2D eigenvalue weighted by molar-refractivity contribution is 0.0730. The van der Waals surface area contributed by atoms with Crippen LogP contribution in [-0.2, 0) is 0 Å². The maximum atomic E-state index is 14.5. The normalized spacial score (nSPS) is 19.3. The first-order valence-electron chi connectivity index (χ1n) is 9.23. The third kappa shape index (κ3) is 4.48. The average Bonchev–Trinajstić information content (AvgIpc) is 2.68. The number of nitriles is 1. The minimum Gasteiger partial charge on any atom is -0.423 e. The van der Waals surface area contributed by atoms with Crippen LogP contribution in [0.3, 0.4) is 0 Å². The van der Waals surface area contributed by atoms with Crippen molar-refractivity contribution in [1.29, 1.82) is 5.26 Å². The Hall–Kier alpha value is -2.38. The van der Waals surface area contributed by atoms with Gasteiger partial charge in [0.05, 0.1) is 16.1 Å². The van der Waals surface area contributed by atoms with Gasteiger partial charge in [-0.15, -0.1) is 0 Å². The summed E-state index contributed by atoms with van der Waals surface area (Å²) in [5.74, 6) is -0.0565. The SMILES string of the molecule is CC[C@H]1CC[C@H](c2ccc(C(=O)Oc3ccc(C#N)c(Cl)c3)c(F)c2)CC1. The van der Waals surface area contributed by atoms with Crippen LogP contribution in [0.4, 0.5) is 4.39 Å². The summed E-state index contributed by atoms with van der Waals surface area (Å²) in [4.78, 5) is 12.3. The summed E-state index contributed by atoms with van der Waals surface area (Å²) in [6, 6.07) is 11.0. The van der Waals surface area contributed by atoms with Crippen molar-refractivity contribution in [2.45, 2.75) is 44.9 Å². The molecule has 1 fully saturated rings. The lowest BCUT2D eigenvalue weighted by atomic mass is 9.78. The van der Waals surface area contributed by atoms with Crippen molar-refractivity contribution in [1.82, 2.24) is 0 Å². The first-order valence-corrected chi connectivity index (χ1v) is 9.60. The first kappa shape index (κ1) is 19.4. The summed E-state index contributed by atoms with van der Waals surface area (Å²) in [6.45, 7) is 2.21. The molecular weight excluding hydrogens is 365 g/mol. The number of hydrogen-bond acceptors (Lipinski definition) is 3. The molecule has 3 nitrogen and oxygen atoms in total. The number of hydrogen-bond donors (Lipinski definition) is 0. The second-order valence-corrected chi connectivity index (χ2v) is 7.42. The molecule has 27 heavy (non-hydrogen) atoms. The fourth-order valence-corrected chi connectivity index (χ4v) is 3.88. The van der Waals surface area contributed by atoms with Gasteiger partial charge in [0.25, 0.3) is 0 Å². The van der Waals surface area contributed by atoms with Crippen molar-refractivity contribution in [3.05, 3.63) is 63.9 Å². The molecule has 0 aliphatic heterocycles. The quantitative estimate of drug-likeness (QED) is 0.461. The molecule has 0 unspecified atom stereocenters. The Morgan fingerprint density at radius 3 is 2.56 bits per heavy atom. The van der Waals surface area contributed by atoms with Crippen molar-refractivity contribution in [3.8, 4) is 11.8 Å². The van der Waals surface area contributed by atoms with Crippen LogP contribution in [0.1, 0.15) is 66.4 Å². The number of benzene rings is 2. The van der Waals surface area contributed by atoms with Gasteiger partial charge in [-0.05, 0) is 67.3 Å². The summed E-state index contributed by atoms with van der Waals surface area (Å²) in [5, 5.41) is 9.06. The van der Waals surface area contributed by atoms with Gasteiger partial charge in [0.1, 0.15) is 17.6 Å². The molecule has 0 aromatic heterocycles. The molecule has 1 aliphatic carbocycles. The van der Waals surface area contributed by atoms with E-state index < -0.39 is 11.8 Å². The van der Waals surface area contributed by atoms with Crippen LogP contribution in [0.2, 0.25) is 5.02 Å². The second kappa shape index (κ2) is 8.54. The Balaban J connectivity index is 1.71. The van der Waals surface area contributed by atoms with E-state index in [0.717, 1.165) is 24.3 Å². The van der Waals surface area contributed by atoms with Gasteiger partial charge in [-0.25, -0.2) is 9.18 Å². The van der Waals surface area contributed by atoms with E-state index in [0.29, 0.717) is 5.92 Å². The zero-order valence-electron chi connectivity index (χ0n) is 15.2. The third-order valence-corrected chi connectivity index (χ3v) is 5.69. The number of halogens is 2. The van der Waals surface area contributed by atoms with E-state index in [1.54, 1.807) is 0 Å². The number of rotatable bonds is 4. The predicted molar refractivity (Wildman–Crippen MR) is 103 cm³/mol. The van der Waals surface area contributed by atoms with Crippen molar-refractivity contribution in [2.75, 3.05) is 0 Å². The number of ether oxygens (including phenoxy) is 1. The van der Waals surface area contributed by atoms with E-state index >= 15 is 0 Å². The molecule has 1 saturated carbocycles. The van der Waals surface area contributed by atoms with Gasteiger partial charge in [0.15, 0.2) is 0 Å². The maximum absolute atomic E-state index is 14.5. The minimum atomic E-state index is -0.783. The standard InChI is InChI=1S/C22H21ClFNO2/c1-2-14-3-5-15(6-4-14)16-8-10-19(21(24)11-16)22(26)27-18-9-7-17(13-25)20(23)12-18/h7-12,14-15H,2-6H2,1H3/t14-,15-. The average molecular weight is 386 g/mol. The highest BCUT2D eigenvalue weighted by Crippen LogP contribution is 2.37. The van der Waals surface area contributed by atoms with Crippen molar-refractivity contribution < 1.29 is 13.9 Å². The molecule has 0 bridgehead atoms. The molecule has 0 saturated heterocycles. The van der Waals surface area contributed by atoms with Crippen LogP contribution in [0.15, 0.2) is 36.4 Å². The predicted octanol–water partition coefficient (Wildman–Crippen LogP) is 6.25. The molecule has 0 amide bonds. The molecule has 2 aromatic carbocycles. The van der Waals surface area contributed by atoms with E-state index in [-0.39, 0.29) is 21.9 Å². The Morgan fingerprint density at radius 2 is 1.96 bits per heavy atom. The zero-order valence-corrected chi connectivity index (χ0v) is 15.9. The first-order chi connectivity index (χ1) is 13.0. The highest BCUT2D eigenvalue weighted by atomic mass is 35.5. The Kier molecular flexibility index (Phi) is 6.13. The second-order valence-electron chi connectivity index (χ2n) is 7.01. The number of carbonyl (C=O) groups is 1. The monoisotopic (exact) mass is 385 g/mol. The Bertz CT molecular complexity index is 882. The van der Waals surface area contributed by atoms with E-state index in [1.165, 1.54) is 49.6 Å². The molecule has 0 spiro atoms. The van der Waals surface area contributed by atoms with E-state index in [1.807, 2.05) is 12.1 Å². The topological polar surface area (TPSA) is 50.1 Å². The van der Waals surface area contributed by atoms with Crippen LogP contribution in [0.25, 0.3) is 0 Å². The van der Waals surface area contributed by atoms with Crippen LogP contribution < -0.4 is 4.74 Å². The fraction of sp³-hybridized carbons (Fsp3) is 0.364. The van der Waals surface area contributed by atoms with Crippen LogP contribution >= 0.6 is 11.6 Å². The molecule has 140 valence electrons. The molecule has 3 rings (SSSR count). The summed E-state index contributed by atoms with van der Waals surface area (Å²) in [6.07, 6.45) is 5.67.